The number of nitrogens with two attached hydrogens (primary N) is 1. The van der Waals surface area contributed by atoms with Crippen LogP contribution in [0.2, 0.25) is 0 Å². The SMILES string of the molecule is NCCOc1cccc2[nH]c(=O)[nH]c12. The van der Waals surface area contributed by atoms with Gasteiger partial charge >= 0.3 is 5.69 Å². The number of para-hydroxylation sites is 1. The summed E-state index contributed by atoms with van der Waals surface area (Å²) in [5.74, 6) is 0.645. The molecule has 5 heteroatoms. The molecule has 0 unspecified atom stereocenters. The lowest BCUT2D eigenvalue weighted by Crippen LogP contribution is -2.10. The summed E-state index contributed by atoms with van der Waals surface area (Å²) >= 11 is 0. The van der Waals surface area contributed by atoms with Crippen molar-refractivity contribution in [2.45, 2.75) is 0 Å². The normalized spacial score (nSPS) is 10.6. The summed E-state index contributed by atoms with van der Waals surface area (Å²) in [6, 6.07) is 5.42. The minimum absolute atomic E-state index is 0.233. The number of imidazole rings is 1. The maximum atomic E-state index is 11.0. The van der Waals surface area contributed by atoms with E-state index in [4.69, 9.17) is 10.5 Å². The fourth-order valence-corrected chi connectivity index (χ4v) is 1.32. The van der Waals surface area contributed by atoms with Crippen molar-refractivity contribution in [1.82, 2.24) is 9.97 Å². The molecule has 74 valence electrons. The maximum Gasteiger partial charge on any atom is 0.323 e. The number of ether oxygens (including phenoxy) is 1. The molecule has 14 heavy (non-hydrogen) atoms. The van der Waals surface area contributed by atoms with Gasteiger partial charge in [0.15, 0.2) is 0 Å². The molecule has 0 aliphatic carbocycles. The minimum Gasteiger partial charge on any atom is -0.490 e. The van der Waals surface area contributed by atoms with Crippen LogP contribution in [-0.4, -0.2) is 23.1 Å². The predicted octanol–water partition coefficient (Wildman–Crippen LogP) is 0.194. The van der Waals surface area contributed by atoms with Crippen LogP contribution in [0.5, 0.6) is 5.75 Å². The van der Waals surface area contributed by atoms with Crippen LogP contribution in [0.4, 0.5) is 0 Å². The second kappa shape index (κ2) is 3.55. The zero-order valence-electron chi connectivity index (χ0n) is 7.54. The summed E-state index contributed by atoms with van der Waals surface area (Å²) in [5, 5.41) is 0. The quantitative estimate of drug-likeness (QED) is 0.650. The Kier molecular flexibility index (Phi) is 2.24. The van der Waals surface area contributed by atoms with Crippen molar-refractivity contribution in [2.75, 3.05) is 13.2 Å². The van der Waals surface area contributed by atoms with Gasteiger partial charge in [-0.15, -0.1) is 0 Å². The van der Waals surface area contributed by atoms with E-state index in [1.54, 1.807) is 6.07 Å². The zero-order valence-corrected chi connectivity index (χ0v) is 7.54. The van der Waals surface area contributed by atoms with Crippen molar-refractivity contribution in [2.24, 2.45) is 5.73 Å². The van der Waals surface area contributed by atoms with E-state index >= 15 is 0 Å². The molecule has 1 aromatic carbocycles. The molecule has 1 heterocycles. The van der Waals surface area contributed by atoms with Crippen LogP contribution in [0.1, 0.15) is 0 Å². The number of hydrogen-bond acceptors (Lipinski definition) is 3. The number of hydrogen-bond donors (Lipinski definition) is 3. The fourth-order valence-electron chi connectivity index (χ4n) is 1.32. The van der Waals surface area contributed by atoms with Gasteiger partial charge in [-0.1, -0.05) is 6.07 Å². The predicted molar refractivity (Wildman–Crippen MR) is 53.5 cm³/mol. The summed E-state index contributed by atoms with van der Waals surface area (Å²) in [4.78, 5) is 16.3. The van der Waals surface area contributed by atoms with Crippen LogP contribution >= 0.6 is 0 Å². The molecule has 0 radical (unpaired) electrons. The monoisotopic (exact) mass is 193 g/mol. The van der Waals surface area contributed by atoms with E-state index in [9.17, 15) is 4.79 Å². The Balaban J connectivity index is 2.47. The average Bonchev–Trinajstić information content (AvgIpc) is 2.55. The highest BCUT2D eigenvalue weighted by Crippen LogP contribution is 2.20. The molecule has 0 aliphatic heterocycles. The standard InChI is InChI=1S/C9H11N3O2/c10-4-5-14-7-3-1-2-6-8(7)12-9(13)11-6/h1-3H,4-5,10H2,(H2,11,12,13). The van der Waals surface area contributed by atoms with Crippen LogP contribution in [0.15, 0.2) is 23.0 Å². The number of benzene rings is 1. The summed E-state index contributed by atoms with van der Waals surface area (Å²) in [7, 11) is 0. The van der Waals surface area contributed by atoms with Crippen molar-refractivity contribution >= 4 is 11.0 Å². The highest BCUT2D eigenvalue weighted by Gasteiger charge is 2.03. The Morgan fingerprint density at radius 2 is 2.21 bits per heavy atom. The van der Waals surface area contributed by atoms with Crippen molar-refractivity contribution in [3.05, 3.63) is 28.7 Å². The first-order chi connectivity index (χ1) is 6.81. The fraction of sp³-hybridized carbons (Fsp3) is 0.222. The lowest BCUT2D eigenvalue weighted by molar-refractivity contribution is 0.331. The lowest BCUT2D eigenvalue weighted by atomic mass is 10.3. The first-order valence-electron chi connectivity index (χ1n) is 4.35. The molecule has 0 aliphatic rings. The number of fused-ring (bicyclic) bond motifs is 1. The molecule has 0 fully saturated rings. The van der Waals surface area contributed by atoms with Gasteiger partial charge < -0.3 is 20.4 Å². The minimum atomic E-state index is -0.233. The zero-order chi connectivity index (χ0) is 9.97. The molecule has 0 saturated heterocycles. The number of H-pyrrole nitrogens is 2. The number of aromatic amines is 2. The Hall–Kier alpha value is -1.75. The summed E-state index contributed by atoms with van der Waals surface area (Å²) < 4.78 is 5.37. The van der Waals surface area contributed by atoms with E-state index in [-0.39, 0.29) is 5.69 Å². The third kappa shape index (κ3) is 1.49. The summed E-state index contributed by atoms with van der Waals surface area (Å²) in [6.07, 6.45) is 0. The third-order valence-corrected chi connectivity index (χ3v) is 1.89. The van der Waals surface area contributed by atoms with E-state index in [1.807, 2.05) is 12.1 Å². The maximum absolute atomic E-state index is 11.0. The molecule has 2 rings (SSSR count). The smallest absolute Gasteiger partial charge is 0.323 e. The number of aromatic nitrogens is 2. The summed E-state index contributed by atoms with van der Waals surface area (Å²) in [6.45, 7) is 0.886. The topological polar surface area (TPSA) is 83.9 Å². The van der Waals surface area contributed by atoms with E-state index in [2.05, 4.69) is 9.97 Å². The molecule has 0 bridgehead atoms. The van der Waals surface area contributed by atoms with Crippen molar-refractivity contribution in [3.63, 3.8) is 0 Å². The summed E-state index contributed by atoms with van der Waals surface area (Å²) in [5.41, 5.74) is 6.51. The molecule has 1 aromatic heterocycles. The van der Waals surface area contributed by atoms with Gasteiger partial charge in [-0.25, -0.2) is 4.79 Å². The second-order valence-electron chi connectivity index (χ2n) is 2.89. The van der Waals surface area contributed by atoms with Gasteiger partial charge in [0.2, 0.25) is 0 Å². The number of nitrogens with one attached hydrogen (secondary N) is 2. The van der Waals surface area contributed by atoms with Crippen LogP contribution in [0.3, 0.4) is 0 Å². The van der Waals surface area contributed by atoms with Gasteiger partial charge in [0.1, 0.15) is 17.9 Å². The van der Waals surface area contributed by atoms with Gasteiger partial charge in [0.25, 0.3) is 0 Å². The van der Waals surface area contributed by atoms with E-state index in [0.717, 1.165) is 5.52 Å². The van der Waals surface area contributed by atoms with Gasteiger partial charge in [0.05, 0.1) is 5.52 Å². The van der Waals surface area contributed by atoms with Gasteiger partial charge in [0, 0.05) is 6.54 Å². The molecule has 0 atom stereocenters. The van der Waals surface area contributed by atoms with E-state index < -0.39 is 0 Å². The molecule has 2 aromatic rings. The Morgan fingerprint density at radius 3 is 3.00 bits per heavy atom. The Labute approximate surface area is 79.9 Å². The molecule has 0 amide bonds. The Bertz CT molecular complexity index is 486. The molecule has 0 saturated carbocycles. The van der Waals surface area contributed by atoms with Crippen LogP contribution in [0.25, 0.3) is 11.0 Å². The highest BCUT2D eigenvalue weighted by atomic mass is 16.5. The van der Waals surface area contributed by atoms with Crippen LogP contribution in [-0.2, 0) is 0 Å². The Morgan fingerprint density at radius 1 is 1.36 bits per heavy atom. The third-order valence-electron chi connectivity index (χ3n) is 1.89. The molecule has 5 nitrogen and oxygen atoms in total. The lowest BCUT2D eigenvalue weighted by Gasteiger charge is -2.04. The number of rotatable bonds is 3. The van der Waals surface area contributed by atoms with E-state index in [1.165, 1.54) is 0 Å². The highest BCUT2D eigenvalue weighted by molar-refractivity contribution is 5.80. The molecular formula is C9H11N3O2. The molecular weight excluding hydrogens is 182 g/mol. The second-order valence-corrected chi connectivity index (χ2v) is 2.89. The molecule has 0 spiro atoms. The van der Waals surface area contributed by atoms with Crippen LogP contribution < -0.4 is 16.2 Å². The average molecular weight is 193 g/mol. The van der Waals surface area contributed by atoms with Crippen molar-refractivity contribution in [1.29, 1.82) is 0 Å². The van der Waals surface area contributed by atoms with Gasteiger partial charge in [-0.2, -0.15) is 0 Å². The first kappa shape index (κ1) is 8.83. The molecule has 4 N–H and O–H groups in total. The van der Waals surface area contributed by atoms with Crippen LogP contribution in [0, 0.1) is 0 Å². The first-order valence-corrected chi connectivity index (χ1v) is 4.35. The van der Waals surface area contributed by atoms with Gasteiger partial charge in [-0.3, -0.25) is 0 Å². The van der Waals surface area contributed by atoms with Crippen molar-refractivity contribution < 1.29 is 4.74 Å². The van der Waals surface area contributed by atoms with Crippen molar-refractivity contribution in [3.8, 4) is 5.75 Å². The van der Waals surface area contributed by atoms with Gasteiger partial charge in [-0.05, 0) is 12.1 Å². The largest absolute Gasteiger partial charge is 0.490 e. The van der Waals surface area contributed by atoms with E-state index in [0.29, 0.717) is 24.4 Å².